The van der Waals surface area contributed by atoms with Gasteiger partial charge in [0.15, 0.2) is 5.78 Å². The number of ketones is 1. The van der Waals surface area contributed by atoms with Crippen LogP contribution in [0.2, 0.25) is 0 Å². The van der Waals surface area contributed by atoms with Gasteiger partial charge in [0.05, 0.1) is 7.11 Å². The Morgan fingerprint density at radius 3 is 2.63 bits per heavy atom. The summed E-state index contributed by atoms with van der Waals surface area (Å²) < 4.78 is 4.72. The number of nitrogens with zero attached hydrogens (tertiary/aromatic N) is 1. The highest BCUT2D eigenvalue weighted by Crippen LogP contribution is 2.21. The Morgan fingerprint density at radius 2 is 2.00 bits per heavy atom. The molecule has 4 heteroatoms. The van der Waals surface area contributed by atoms with E-state index < -0.39 is 11.9 Å². The third kappa shape index (κ3) is 3.20. The Labute approximate surface area is 113 Å². The number of rotatable bonds is 3. The lowest BCUT2D eigenvalue weighted by atomic mass is 9.88. The molecule has 0 radical (unpaired) electrons. The zero-order valence-electron chi connectivity index (χ0n) is 11.3. The first kappa shape index (κ1) is 13.7. The molecule has 0 N–H and O–H groups in total. The van der Waals surface area contributed by atoms with E-state index >= 15 is 0 Å². The number of piperidine rings is 1. The number of benzene rings is 1. The minimum absolute atomic E-state index is 0.00355. The molecule has 1 heterocycles. The number of carbonyl (C=O) groups is 2. The smallest absolute Gasteiger partial charge is 0.317 e. The van der Waals surface area contributed by atoms with Crippen LogP contribution in [0.1, 0.15) is 12.5 Å². The van der Waals surface area contributed by atoms with Gasteiger partial charge in [-0.05, 0) is 5.56 Å². The highest BCUT2D eigenvalue weighted by Gasteiger charge is 2.37. The van der Waals surface area contributed by atoms with Crippen LogP contribution in [0.5, 0.6) is 0 Å². The Bertz CT molecular complexity index is 458. The number of hydrogen-bond donors (Lipinski definition) is 0. The van der Waals surface area contributed by atoms with Gasteiger partial charge in [-0.3, -0.25) is 14.5 Å². The monoisotopic (exact) mass is 261 g/mol. The molecule has 0 amide bonds. The number of carbonyl (C=O) groups excluding carboxylic acids is 2. The quantitative estimate of drug-likeness (QED) is 0.611. The molecule has 0 aromatic heterocycles. The van der Waals surface area contributed by atoms with E-state index in [1.165, 1.54) is 12.7 Å². The standard InChI is InChI=1S/C15H19NO3/c1-11-8-16(9-12-6-4-3-5-7-12)10-13(14(11)17)15(18)19-2/h3-7,11,13H,8-10H2,1-2H3/t11-,13-/m0/s1. The third-order valence-corrected chi connectivity index (χ3v) is 3.54. The fourth-order valence-corrected chi connectivity index (χ4v) is 2.55. The molecule has 1 aliphatic heterocycles. The van der Waals surface area contributed by atoms with Crippen molar-refractivity contribution in [3.63, 3.8) is 0 Å². The zero-order chi connectivity index (χ0) is 13.8. The van der Waals surface area contributed by atoms with Crippen LogP contribution in [-0.2, 0) is 20.9 Å². The molecule has 1 aromatic rings. The molecule has 102 valence electrons. The number of methoxy groups -OCH3 is 1. The summed E-state index contributed by atoms with van der Waals surface area (Å²) in [6.45, 7) is 3.77. The predicted octanol–water partition coefficient (Wildman–Crippen LogP) is 1.50. The van der Waals surface area contributed by atoms with Gasteiger partial charge in [0.2, 0.25) is 0 Å². The summed E-state index contributed by atoms with van der Waals surface area (Å²) >= 11 is 0. The van der Waals surface area contributed by atoms with Gasteiger partial charge in [0, 0.05) is 25.6 Å². The Morgan fingerprint density at radius 1 is 1.32 bits per heavy atom. The van der Waals surface area contributed by atoms with Crippen LogP contribution >= 0.6 is 0 Å². The van der Waals surface area contributed by atoms with E-state index in [9.17, 15) is 9.59 Å². The van der Waals surface area contributed by atoms with Gasteiger partial charge in [-0.25, -0.2) is 0 Å². The summed E-state index contributed by atoms with van der Waals surface area (Å²) in [6.07, 6.45) is 0. The topological polar surface area (TPSA) is 46.6 Å². The van der Waals surface area contributed by atoms with Crippen LogP contribution < -0.4 is 0 Å². The zero-order valence-corrected chi connectivity index (χ0v) is 11.3. The van der Waals surface area contributed by atoms with E-state index in [0.717, 1.165) is 6.54 Å². The molecule has 0 aliphatic carbocycles. The van der Waals surface area contributed by atoms with Gasteiger partial charge < -0.3 is 4.74 Å². The third-order valence-electron chi connectivity index (χ3n) is 3.54. The van der Waals surface area contributed by atoms with Gasteiger partial charge in [0.1, 0.15) is 5.92 Å². The molecule has 19 heavy (non-hydrogen) atoms. The first-order valence-corrected chi connectivity index (χ1v) is 6.49. The van der Waals surface area contributed by atoms with Crippen LogP contribution in [-0.4, -0.2) is 36.9 Å². The average molecular weight is 261 g/mol. The van der Waals surface area contributed by atoms with Crippen molar-refractivity contribution in [1.82, 2.24) is 4.90 Å². The van der Waals surface area contributed by atoms with E-state index in [0.29, 0.717) is 13.1 Å². The van der Waals surface area contributed by atoms with Crippen molar-refractivity contribution in [2.75, 3.05) is 20.2 Å². The number of Topliss-reactive ketones (excluding diaryl/α,β-unsaturated/α-hetero) is 1. The predicted molar refractivity (Wildman–Crippen MR) is 71.4 cm³/mol. The van der Waals surface area contributed by atoms with Crippen LogP contribution in [0.3, 0.4) is 0 Å². The highest BCUT2D eigenvalue weighted by molar-refractivity contribution is 6.00. The molecule has 1 aliphatic rings. The van der Waals surface area contributed by atoms with Crippen molar-refractivity contribution >= 4 is 11.8 Å². The largest absolute Gasteiger partial charge is 0.468 e. The minimum atomic E-state index is -0.641. The van der Waals surface area contributed by atoms with E-state index in [1.54, 1.807) is 0 Å². The average Bonchev–Trinajstić information content (AvgIpc) is 2.43. The maximum absolute atomic E-state index is 12.0. The Kier molecular flexibility index (Phi) is 4.32. The summed E-state index contributed by atoms with van der Waals surface area (Å²) in [5.74, 6) is -1.19. The molecule has 0 saturated carbocycles. The SMILES string of the molecule is COC(=O)[C@H]1CN(Cc2ccccc2)C[C@H](C)C1=O. The summed E-state index contributed by atoms with van der Waals surface area (Å²) in [5, 5.41) is 0. The van der Waals surface area contributed by atoms with Crippen LogP contribution in [0.4, 0.5) is 0 Å². The van der Waals surface area contributed by atoms with Crippen molar-refractivity contribution in [1.29, 1.82) is 0 Å². The normalized spacial score (nSPS) is 24.2. The van der Waals surface area contributed by atoms with Gasteiger partial charge in [-0.2, -0.15) is 0 Å². The molecule has 2 rings (SSSR count). The lowest BCUT2D eigenvalue weighted by Crippen LogP contribution is -2.48. The highest BCUT2D eigenvalue weighted by atomic mass is 16.5. The summed E-state index contributed by atoms with van der Waals surface area (Å²) in [4.78, 5) is 25.8. The minimum Gasteiger partial charge on any atom is -0.468 e. The van der Waals surface area contributed by atoms with Gasteiger partial charge >= 0.3 is 5.97 Å². The molecular weight excluding hydrogens is 242 g/mol. The summed E-state index contributed by atoms with van der Waals surface area (Å²) in [6, 6.07) is 10.1. The second-order valence-corrected chi connectivity index (χ2v) is 5.06. The first-order valence-electron chi connectivity index (χ1n) is 6.49. The molecule has 0 unspecified atom stereocenters. The first-order chi connectivity index (χ1) is 9.11. The lowest BCUT2D eigenvalue weighted by Gasteiger charge is -2.34. The molecule has 4 nitrogen and oxygen atoms in total. The number of likely N-dealkylation sites (tertiary alicyclic amines) is 1. The van der Waals surface area contributed by atoms with Crippen molar-refractivity contribution < 1.29 is 14.3 Å². The van der Waals surface area contributed by atoms with E-state index in [2.05, 4.69) is 4.90 Å². The van der Waals surface area contributed by atoms with Gasteiger partial charge in [-0.15, -0.1) is 0 Å². The molecule has 2 atom stereocenters. The van der Waals surface area contributed by atoms with E-state index in [4.69, 9.17) is 4.74 Å². The van der Waals surface area contributed by atoms with Crippen LogP contribution in [0, 0.1) is 11.8 Å². The van der Waals surface area contributed by atoms with Gasteiger partial charge in [-0.1, -0.05) is 37.3 Å². The van der Waals surface area contributed by atoms with Crippen molar-refractivity contribution in [2.45, 2.75) is 13.5 Å². The number of esters is 1. The number of hydrogen-bond acceptors (Lipinski definition) is 4. The van der Waals surface area contributed by atoms with Crippen molar-refractivity contribution in [3.05, 3.63) is 35.9 Å². The summed E-state index contributed by atoms with van der Waals surface area (Å²) in [7, 11) is 1.33. The van der Waals surface area contributed by atoms with E-state index in [1.807, 2.05) is 37.3 Å². The van der Waals surface area contributed by atoms with E-state index in [-0.39, 0.29) is 11.7 Å². The van der Waals surface area contributed by atoms with Crippen LogP contribution in [0.15, 0.2) is 30.3 Å². The fraction of sp³-hybridized carbons (Fsp3) is 0.467. The number of ether oxygens (including phenoxy) is 1. The lowest BCUT2D eigenvalue weighted by molar-refractivity contribution is -0.153. The van der Waals surface area contributed by atoms with Gasteiger partial charge in [0.25, 0.3) is 0 Å². The van der Waals surface area contributed by atoms with Crippen molar-refractivity contribution in [2.24, 2.45) is 11.8 Å². The molecule has 1 fully saturated rings. The second kappa shape index (κ2) is 5.97. The second-order valence-electron chi connectivity index (χ2n) is 5.06. The maximum Gasteiger partial charge on any atom is 0.317 e. The Balaban J connectivity index is 2.07. The fourth-order valence-electron chi connectivity index (χ4n) is 2.55. The Hall–Kier alpha value is -1.68. The molecular formula is C15H19NO3. The van der Waals surface area contributed by atoms with Crippen LogP contribution in [0.25, 0.3) is 0 Å². The molecule has 0 bridgehead atoms. The molecule has 1 aromatic carbocycles. The van der Waals surface area contributed by atoms with Crippen molar-refractivity contribution in [3.8, 4) is 0 Å². The maximum atomic E-state index is 12.0. The summed E-state index contributed by atoms with van der Waals surface area (Å²) in [5.41, 5.74) is 1.19. The molecule has 0 spiro atoms. The molecule has 1 saturated heterocycles.